The molecular weight excluding hydrogens is 164 g/mol. The highest BCUT2D eigenvalue weighted by molar-refractivity contribution is 7.80. The first-order valence-corrected chi connectivity index (χ1v) is 5.98. The smallest absolute Gasteiger partial charge is 0.00979 e. The third-order valence-corrected chi connectivity index (χ3v) is 3.14. The first-order valence-electron chi connectivity index (χ1n) is 5.35. The van der Waals surface area contributed by atoms with Crippen LogP contribution in [0.15, 0.2) is 0 Å². The molecule has 1 saturated carbocycles. The molecule has 0 nitrogen and oxygen atoms in total. The van der Waals surface area contributed by atoms with Crippen LogP contribution in [0.5, 0.6) is 0 Å². The van der Waals surface area contributed by atoms with Crippen LogP contribution in [0, 0.1) is 17.8 Å². The third-order valence-electron chi connectivity index (χ3n) is 2.83. The van der Waals surface area contributed by atoms with E-state index in [1.165, 1.54) is 32.1 Å². The molecule has 2 atom stereocenters. The largest absolute Gasteiger partial charge is 0.179 e. The van der Waals surface area contributed by atoms with Gasteiger partial charge in [0.05, 0.1) is 0 Å². The third kappa shape index (κ3) is 3.84. The lowest BCUT2D eigenvalue weighted by molar-refractivity contribution is 0.496. The molecule has 0 aromatic heterocycles. The Kier molecular flexibility index (Phi) is 4.49. The molecule has 0 spiro atoms. The number of thiol groups is 1. The van der Waals surface area contributed by atoms with Crippen LogP contribution in [-0.4, -0.2) is 5.75 Å². The van der Waals surface area contributed by atoms with Crippen LogP contribution in [0.1, 0.15) is 46.0 Å². The molecule has 0 aliphatic heterocycles. The van der Waals surface area contributed by atoms with Crippen molar-refractivity contribution in [1.29, 1.82) is 0 Å². The van der Waals surface area contributed by atoms with E-state index in [-0.39, 0.29) is 0 Å². The summed E-state index contributed by atoms with van der Waals surface area (Å²) < 4.78 is 0. The van der Waals surface area contributed by atoms with Gasteiger partial charge in [0.1, 0.15) is 0 Å². The number of rotatable bonds is 6. The molecule has 1 aliphatic carbocycles. The lowest BCUT2D eigenvalue weighted by Gasteiger charge is -2.02. The first-order chi connectivity index (χ1) is 5.74. The molecule has 0 bridgehead atoms. The predicted octanol–water partition coefficient (Wildman–Crippen LogP) is 3.77. The second kappa shape index (κ2) is 5.16. The molecule has 1 heteroatoms. The van der Waals surface area contributed by atoms with Gasteiger partial charge < -0.3 is 0 Å². The molecule has 1 rings (SSSR count). The average Bonchev–Trinajstić information content (AvgIpc) is 2.67. The van der Waals surface area contributed by atoms with Crippen LogP contribution in [0.25, 0.3) is 0 Å². The molecule has 2 unspecified atom stereocenters. The molecule has 12 heavy (non-hydrogen) atoms. The highest BCUT2D eigenvalue weighted by Crippen LogP contribution is 2.46. The molecule has 0 amide bonds. The lowest BCUT2D eigenvalue weighted by atomic mass is 10.0. The summed E-state index contributed by atoms with van der Waals surface area (Å²) in [4.78, 5) is 0. The molecular formula is C11H22S. The molecule has 72 valence electrons. The molecule has 0 heterocycles. The van der Waals surface area contributed by atoms with E-state index in [9.17, 15) is 0 Å². The van der Waals surface area contributed by atoms with Gasteiger partial charge in [-0.2, -0.15) is 12.6 Å². The van der Waals surface area contributed by atoms with Gasteiger partial charge >= 0.3 is 0 Å². The Morgan fingerprint density at radius 2 is 2.00 bits per heavy atom. The van der Waals surface area contributed by atoms with Gasteiger partial charge in [0.15, 0.2) is 0 Å². The fourth-order valence-corrected chi connectivity index (χ4v) is 2.30. The number of unbranched alkanes of at least 4 members (excludes halogenated alkanes) is 1. The Labute approximate surface area is 82.5 Å². The summed E-state index contributed by atoms with van der Waals surface area (Å²) in [5.41, 5.74) is 0. The second-order valence-corrected chi connectivity index (χ2v) is 5.05. The van der Waals surface area contributed by atoms with Crippen molar-refractivity contribution >= 4 is 12.6 Å². The fourth-order valence-electron chi connectivity index (χ4n) is 2.08. The zero-order valence-corrected chi connectivity index (χ0v) is 9.32. The van der Waals surface area contributed by atoms with Crippen molar-refractivity contribution in [3.63, 3.8) is 0 Å². The van der Waals surface area contributed by atoms with Crippen molar-refractivity contribution in [1.82, 2.24) is 0 Å². The van der Waals surface area contributed by atoms with E-state index in [1.807, 2.05) is 0 Å². The van der Waals surface area contributed by atoms with E-state index >= 15 is 0 Å². The van der Waals surface area contributed by atoms with E-state index in [4.69, 9.17) is 0 Å². The summed E-state index contributed by atoms with van der Waals surface area (Å²) in [6.07, 6.45) is 7.17. The Hall–Kier alpha value is 0.350. The summed E-state index contributed by atoms with van der Waals surface area (Å²) in [6.45, 7) is 4.67. The predicted molar refractivity (Wildman–Crippen MR) is 58.8 cm³/mol. The monoisotopic (exact) mass is 186 g/mol. The number of hydrogen-bond acceptors (Lipinski definition) is 1. The van der Waals surface area contributed by atoms with Crippen LogP contribution < -0.4 is 0 Å². The molecule has 0 N–H and O–H groups in total. The zero-order valence-electron chi connectivity index (χ0n) is 8.42. The number of hydrogen-bond donors (Lipinski definition) is 1. The maximum absolute atomic E-state index is 4.22. The Morgan fingerprint density at radius 1 is 1.25 bits per heavy atom. The summed E-state index contributed by atoms with van der Waals surface area (Å²) in [5, 5.41) is 0. The highest BCUT2D eigenvalue weighted by atomic mass is 32.1. The van der Waals surface area contributed by atoms with Gasteiger partial charge in [-0.1, -0.05) is 26.7 Å². The molecule has 0 aromatic rings. The SMILES string of the molecule is CC(C)CC1CC1CCCCS. The normalized spacial score (nSPS) is 28.0. The highest BCUT2D eigenvalue weighted by Gasteiger charge is 2.35. The second-order valence-electron chi connectivity index (χ2n) is 4.60. The standard InChI is InChI=1S/C11H22S/c1-9(2)7-11-8-10(11)5-3-4-6-12/h9-12H,3-8H2,1-2H3. The first kappa shape index (κ1) is 10.4. The van der Waals surface area contributed by atoms with Gasteiger partial charge in [-0.25, -0.2) is 0 Å². The van der Waals surface area contributed by atoms with Gasteiger partial charge in [-0.05, 0) is 42.8 Å². The maximum Gasteiger partial charge on any atom is -0.00979 e. The van der Waals surface area contributed by atoms with Crippen molar-refractivity contribution < 1.29 is 0 Å². The molecule has 0 radical (unpaired) electrons. The van der Waals surface area contributed by atoms with Crippen molar-refractivity contribution in [3.05, 3.63) is 0 Å². The van der Waals surface area contributed by atoms with Gasteiger partial charge in [0.25, 0.3) is 0 Å². The van der Waals surface area contributed by atoms with Crippen molar-refractivity contribution in [2.24, 2.45) is 17.8 Å². The van der Waals surface area contributed by atoms with Crippen LogP contribution in [0.2, 0.25) is 0 Å². The van der Waals surface area contributed by atoms with E-state index in [0.29, 0.717) is 0 Å². The minimum atomic E-state index is 0.907. The van der Waals surface area contributed by atoms with Crippen molar-refractivity contribution in [2.75, 3.05) is 5.75 Å². The summed E-state index contributed by atoms with van der Waals surface area (Å²) in [5.74, 6) is 4.16. The van der Waals surface area contributed by atoms with E-state index in [1.54, 1.807) is 0 Å². The van der Waals surface area contributed by atoms with Crippen molar-refractivity contribution in [2.45, 2.75) is 46.0 Å². The molecule has 1 fully saturated rings. The average molecular weight is 186 g/mol. The Bertz CT molecular complexity index is 120. The summed E-state index contributed by atoms with van der Waals surface area (Å²) in [7, 11) is 0. The van der Waals surface area contributed by atoms with Crippen LogP contribution >= 0.6 is 12.6 Å². The van der Waals surface area contributed by atoms with Gasteiger partial charge in [-0.15, -0.1) is 0 Å². The van der Waals surface area contributed by atoms with Gasteiger partial charge in [0.2, 0.25) is 0 Å². The summed E-state index contributed by atoms with van der Waals surface area (Å²) >= 11 is 4.22. The minimum absolute atomic E-state index is 0.907. The topological polar surface area (TPSA) is 0 Å². The summed E-state index contributed by atoms with van der Waals surface area (Å²) in [6, 6.07) is 0. The maximum atomic E-state index is 4.22. The zero-order chi connectivity index (χ0) is 8.97. The fraction of sp³-hybridized carbons (Fsp3) is 1.00. The Morgan fingerprint density at radius 3 is 2.58 bits per heavy atom. The molecule has 0 aromatic carbocycles. The van der Waals surface area contributed by atoms with Crippen LogP contribution in [0.3, 0.4) is 0 Å². The van der Waals surface area contributed by atoms with E-state index < -0.39 is 0 Å². The van der Waals surface area contributed by atoms with Gasteiger partial charge in [-0.3, -0.25) is 0 Å². The van der Waals surface area contributed by atoms with Crippen molar-refractivity contribution in [3.8, 4) is 0 Å². The molecule has 0 saturated heterocycles. The molecule has 1 aliphatic rings. The van der Waals surface area contributed by atoms with Gasteiger partial charge in [0, 0.05) is 0 Å². The lowest BCUT2D eigenvalue weighted by Crippen LogP contribution is -1.91. The van der Waals surface area contributed by atoms with Crippen LogP contribution in [-0.2, 0) is 0 Å². The minimum Gasteiger partial charge on any atom is -0.179 e. The van der Waals surface area contributed by atoms with E-state index in [0.717, 1.165) is 23.5 Å². The van der Waals surface area contributed by atoms with E-state index in [2.05, 4.69) is 26.5 Å². The van der Waals surface area contributed by atoms with Crippen LogP contribution in [0.4, 0.5) is 0 Å². The quantitative estimate of drug-likeness (QED) is 0.474. The Balaban J connectivity index is 1.93.